The predicted molar refractivity (Wildman–Crippen MR) is 53.5 cm³/mol. The van der Waals surface area contributed by atoms with E-state index in [-0.39, 0.29) is 21.5 Å². The zero-order valence-electron chi connectivity index (χ0n) is 6.65. The fourth-order valence-corrected chi connectivity index (χ4v) is 1.91. The Balaban J connectivity index is 3.15. The lowest BCUT2D eigenvalue weighted by atomic mass is 10.3. The van der Waals surface area contributed by atoms with Crippen molar-refractivity contribution in [2.24, 2.45) is 0 Å². The highest BCUT2D eigenvalue weighted by Gasteiger charge is 2.20. The van der Waals surface area contributed by atoms with Gasteiger partial charge in [-0.3, -0.25) is 9.79 Å². The van der Waals surface area contributed by atoms with E-state index in [4.69, 9.17) is 38.7 Å². The van der Waals surface area contributed by atoms with Gasteiger partial charge in [-0.25, -0.2) is 4.57 Å². The van der Waals surface area contributed by atoms with Crippen LogP contribution in [0.15, 0.2) is 12.1 Å². The van der Waals surface area contributed by atoms with Crippen LogP contribution in [-0.4, -0.2) is 9.79 Å². The maximum absolute atomic E-state index is 10.5. The number of phosphoric acid groups is 1. The lowest BCUT2D eigenvalue weighted by Crippen LogP contribution is -1.93. The van der Waals surface area contributed by atoms with Gasteiger partial charge in [0, 0.05) is 5.69 Å². The van der Waals surface area contributed by atoms with Gasteiger partial charge >= 0.3 is 7.82 Å². The number of hydrogen-bond acceptors (Lipinski definition) is 3. The van der Waals surface area contributed by atoms with E-state index in [1.807, 2.05) is 0 Å². The molecule has 1 aromatic carbocycles. The molecule has 0 fully saturated rings. The molecule has 0 aliphatic rings. The molecule has 0 unspecified atom stereocenters. The summed E-state index contributed by atoms with van der Waals surface area (Å²) < 4.78 is 14.8. The van der Waals surface area contributed by atoms with E-state index in [0.29, 0.717) is 0 Å². The zero-order valence-corrected chi connectivity index (χ0v) is 9.05. The number of halogens is 2. The van der Waals surface area contributed by atoms with E-state index in [1.54, 1.807) is 0 Å². The molecule has 0 amide bonds. The first-order valence-corrected chi connectivity index (χ1v) is 5.58. The molecule has 0 radical (unpaired) electrons. The molecule has 0 heterocycles. The summed E-state index contributed by atoms with van der Waals surface area (Å²) >= 11 is 11.2. The highest BCUT2D eigenvalue weighted by atomic mass is 35.5. The van der Waals surface area contributed by atoms with Gasteiger partial charge in [-0.05, 0) is 12.1 Å². The zero-order chi connectivity index (χ0) is 10.9. The Bertz CT molecular complexity index is 382. The van der Waals surface area contributed by atoms with E-state index >= 15 is 0 Å². The second kappa shape index (κ2) is 3.96. The van der Waals surface area contributed by atoms with Crippen molar-refractivity contribution in [3.63, 3.8) is 0 Å². The molecule has 1 rings (SSSR count). The molecule has 0 atom stereocenters. The van der Waals surface area contributed by atoms with Gasteiger partial charge in [0.2, 0.25) is 0 Å². The molecule has 0 aliphatic heterocycles. The summed E-state index contributed by atoms with van der Waals surface area (Å²) in [4.78, 5) is 17.1. The van der Waals surface area contributed by atoms with Gasteiger partial charge in [0.05, 0.1) is 10.0 Å². The number of phosphoric ester groups is 1. The van der Waals surface area contributed by atoms with Gasteiger partial charge in [0.25, 0.3) is 0 Å². The first kappa shape index (κ1) is 11.6. The normalized spacial score (nSPS) is 11.4. The molecule has 0 aliphatic carbocycles. The Morgan fingerprint density at radius 3 is 2.07 bits per heavy atom. The van der Waals surface area contributed by atoms with Crippen LogP contribution in [0.4, 0.5) is 5.69 Å². The molecule has 0 aromatic heterocycles. The molecule has 78 valence electrons. The molecule has 4 N–H and O–H groups in total. The van der Waals surface area contributed by atoms with E-state index in [2.05, 4.69) is 4.52 Å². The molecule has 14 heavy (non-hydrogen) atoms. The average molecular weight is 258 g/mol. The molecule has 0 spiro atoms. The van der Waals surface area contributed by atoms with Crippen molar-refractivity contribution >= 4 is 36.7 Å². The van der Waals surface area contributed by atoms with Crippen LogP contribution in [0.2, 0.25) is 10.0 Å². The third-order valence-electron chi connectivity index (χ3n) is 1.23. The molecule has 0 bridgehead atoms. The van der Waals surface area contributed by atoms with Crippen molar-refractivity contribution in [2.75, 3.05) is 5.73 Å². The van der Waals surface area contributed by atoms with Crippen LogP contribution in [-0.2, 0) is 4.57 Å². The molecule has 1 aromatic rings. The van der Waals surface area contributed by atoms with Crippen LogP contribution in [0, 0.1) is 0 Å². The van der Waals surface area contributed by atoms with E-state index in [9.17, 15) is 4.57 Å². The number of hydrogen-bond donors (Lipinski definition) is 3. The average Bonchev–Trinajstić information content (AvgIpc) is 1.95. The lowest BCUT2D eigenvalue weighted by Gasteiger charge is -2.10. The number of nitrogens with two attached hydrogens (primary N) is 1. The van der Waals surface area contributed by atoms with Crippen LogP contribution in [0.1, 0.15) is 0 Å². The van der Waals surface area contributed by atoms with Gasteiger partial charge < -0.3 is 10.3 Å². The smallest absolute Gasteiger partial charge is 0.401 e. The van der Waals surface area contributed by atoms with Crippen LogP contribution >= 0.6 is 31.0 Å². The van der Waals surface area contributed by atoms with Gasteiger partial charge in [0.15, 0.2) is 5.75 Å². The summed E-state index contributed by atoms with van der Waals surface area (Å²) in [5.74, 6) is -0.282. The van der Waals surface area contributed by atoms with Crippen molar-refractivity contribution in [3.05, 3.63) is 22.2 Å². The molecule has 5 nitrogen and oxygen atoms in total. The summed E-state index contributed by atoms with van der Waals surface area (Å²) in [6.07, 6.45) is 0. The monoisotopic (exact) mass is 257 g/mol. The quantitative estimate of drug-likeness (QED) is 0.557. The molecule has 0 saturated carbocycles. The summed E-state index contributed by atoms with van der Waals surface area (Å²) in [5, 5.41) is -0.114. The summed E-state index contributed by atoms with van der Waals surface area (Å²) in [6.45, 7) is 0. The fraction of sp³-hybridized carbons (Fsp3) is 0. The van der Waals surface area contributed by atoms with Gasteiger partial charge in [0.1, 0.15) is 0 Å². The van der Waals surface area contributed by atoms with E-state index in [0.717, 1.165) is 0 Å². The van der Waals surface area contributed by atoms with Crippen LogP contribution in [0.25, 0.3) is 0 Å². The Morgan fingerprint density at radius 2 is 1.71 bits per heavy atom. The highest BCUT2D eigenvalue weighted by Crippen LogP contribution is 2.45. The summed E-state index contributed by atoms with van der Waals surface area (Å²) in [6, 6.07) is 2.55. The lowest BCUT2D eigenvalue weighted by molar-refractivity contribution is 0.283. The topological polar surface area (TPSA) is 92.8 Å². The minimum Gasteiger partial charge on any atom is -0.401 e. The maximum atomic E-state index is 10.5. The van der Waals surface area contributed by atoms with Crippen molar-refractivity contribution in [1.29, 1.82) is 0 Å². The summed E-state index contributed by atoms with van der Waals surface area (Å²) in [5.41, 5.74) is 5.65. The van der Waals surface area contributed by atoms with Gasteiger partial charge in [-0.1, -0.05) is 23.2 Å². The standard InChI is InChI=1S/C6H6Cl2NO4P/c7-4-1-3(9)2-5(8)6(4)13-14(10,11)12/h1-2H,9H2,(H2,10,11,12). The SMILES string of the molecule is Nc1cc(Cl)c(OP(=O)(O)O)c(Cl)c1. The van der Waals surface area contributed by atoms with Gasteiger partial charge in [-0.2, -0.15) is 0 Å². The van der Waals surface area contributed by atoms with Crippen molar-refractivity contribution < 1.29 is 18.9 Å². The minimum atomic E-state index is -4.67. The summed E-state index contributed by atoms with van der Waals surface area (Å²) in [7, 11) is -4.67. The minimum absolute atomic E-state index is 0.0571. The van der Waals surface area contributed by atoms with Gasteiger partial charge in [-0.15, -0.1) is 0 Å². The number of anilines is 1. The van der Waals surface area contributed by atoms with Crippen LogP contribution in [0.3, 0.4) is 0 Å². The first-order valence-electron chi connectivity index (χ1n) is 3.29. The molecule has 0 saturated heterocycles. The van der Waals surface area contributed by atoms with E-state index in [1.165, 1.54) is 12.1 Å². The number of nitrogen functional groups attached to an aromatic ring is 1. The first-order chi connectivity index (χ1) is 6.29. The Hall–Kier alpha value is -0.450. The second-order valence-corrected chi connectivity index (χ2v) is 4.37. The Kier molecular flexibility index (Phi) is 3.29. The molecule has 8 heteroatoms. The third-order valence-corrected chi connectivity index (χ3v) is 2.21. The second-order valence-electron chi connectivity index (χ2n) is 2.40. The molecular weight excluding hydrogens is 252 g/mol. The fourth-order valence-electron chi connectivity index (χ4n) is 0.786. The Labute approximate surface area is 89.6 Å². The maximum Gasteiger partial charge on any atom is 0.524 e. The van der Waals surface area contributed by atoms with Crippen LogP contribution < -0.4 is 10.3 Å². The van der Waals surface area contributed by atoms with Crippen molar-refractivity contribution in [1.82, 2.24) is 0 Å². The third kappa shape index (κ3) is 3.04. The van der Waals surface area contributed by atoms with E-state index < -0.39 is 7.82 Å². The van der Waals surface area contributed by atoms with Crippen molar-refractivity contribution in [3.8, 4) is 5.75 Å². The molecular formula is C6H6Cl2NO4P. The number of benzene rings is 1. The predicted octanol–water partition coefficient (Wildman–Crippen LogP) is 2.05. The largest absolute Gasteiger partial charge is 0.524 e. The Morgan fingerprint density at radius 1 is 1.29 bits per heavy atom. The van der Waals surface area contributed by atoms with Crippen molar-refractivity contribution in [2.45, 2.75) is 0 Å². The number of rotatable bonds is 2. The highest BCUT2D eigenvalue weighted by molar-refractivity contribution is 7.46. The van der Waals surface area contributed by atoms with Crippen LogP contribution in [0.5, 0.6) is 5.75 Å².